The van der Waals surface area contributed by atoms with Crippen molar-refractivity contribution in [2.45, 2.75) is 6.92 Å². The number of hydrogen-bond donors (Lipinski definition) is 1. The van der Waals surface area contributed by atoms with Gasteiger partial charge in [-0.05, 0) is 49.4 Å². The minimum Gasteiger partial charge on any atom is -0.497 e. The summed E-state index contributed by atoms with van der Waals surface area (Å²) in [6, 6.07) is 17.1. The van der Waals surface area contributed by atoms with Crippen molar-refractivity contribution in [1.29, 1.82) is 0 Å². The third kappa shape index (κ3) is 3.30. The van der Waals surface area contributed by atoms with Crippen LogP contribution < -0.4 is 10.1 Å². The molecular formula is C19H19N3O2. The molecule has 122 valence electrons. The lowest BCUT2D eigenvalue weighted by Gasteiger charge is -2.03. The topological polar surface area (TPSA) is 56.1 Å². The second kappa shape index (κ2) is 6.58. The van der Waals surface area contributed by atoms with E-state index in [0.29, 0.717) is 5.69 Å². The number of carbonyl (C=O) groups excluding carboxylic acids is 1. The van der Waals surface area contributed by atoms with E-state index < -0.39 is 0 Å². The number of anilines is 1. The first-order valence-electron chi connectivity index (χ1n) is 7.63. The fourth-order valence-corrected chi connectivity index (χ4v) is 2.44. The predicted octanol–water partition coefficient (Wildman–Crippen LogP) is 3.66. The molecule has 3 rings (SSSR count). The Kier molecular flexibility index (Phi) is 4.33. The van der Waals surface area contributed by atoms with Crippen molar-refractivity contribution in [3.05, 3.63) is 65.9 Å². The zero-order chi connectivity index (χ0) is 17.1. The summed E-state index contributed by atoms with van der Waals surface area (Å²) in [7, 11) is 3.45. The van der Waals surface area contributed by atoms with Gasteiger partial charge in [0.05, 0.1) is 12.8 Å². The Morgan fingerprint density at radius 2 is 1.75 bits per heavy atom. The summed E-state index contributed by atoms with van der Waals surface area (Å²) in [5.41, 5.74) is 4.12. The molecule has 5 nitrogen and oxygen atoms in total. The Bertz CT molecular complexity index is 849. The molecule has 5 heteroatoms. The lowest BCUT2D eigenvalue weighted by atomic mass is 10.1. The summed E-state index contributed by atoms with van der Waals surface area (Å²) in [6.07, 6.45) is 0. The van der Waals surface area contributed by atoms with Crippen molar-refractivity contribution in [3.8, 4) is 17.0 Å². The van der Waals surface area contributed by atoms with Crippen molar-refractivity contribution in [3.63, 3.8) is 0 Å². The van der Waals surface area contributed by atoms with Crippen LogP contribution in [0.4, 0.5) is 5.69 Å². The summed E-state index contributed by atoms with van der Waals surface area (Å²) >= 11 is 0. The maximum Gasteiger partial charge on any atom is 0.276 e. The van der Waals surface area contributed by atoms with E-state index in [1.54, 1.807) is 17.9 Å². The van der Waals surface area contributed by atoms with Crippen molar-refractivity contribution in [2.24, 2.45) is 7.05 Å². The van der Waals surface area contributed by atoms with Crippen LogP contribution in [0, 0.1) is 6.92 Å². The van der Waals surface area contributed by atoms with E-state index in [-0.39, 0.29) is 5.91 Å². The second-order valence-corrected chi connectivity index (χ2v) is 5.59. The van der Waals surface area contributed by atoms with Gasteiger partial charge in [-0.3, -0.25) is 9.48 Å². The van der Waals surface area contributed by atoms with Gasteiger partial charge in [-0.1, -0.05) is 17.7 Å². The fourth-order valence-electron chi connectivity index (χ4n) is 2.44. The average molecular weight is 321 g/mol. The highest BCUT2D eigenvalue weighted by Gasteiger charge is 2.14. The van der Waals surface area contributed by atoms with E-state index in [0.717, 1.165) is 28.3 Å². The minimum absolute atomic E-state index is 0.228. The standard InChI is InChI=1S/C19H19N3O2/c1-13-4-8-15(9-5-13)20-19(23)17-12-18(22(2)21-17)14-6-10-16(24-3)11-7-14/h4-12H,1-3H3,(H,20,23). The van der Waals surface area contributed by atoms with Gasteiger partial charge in [-0.15, -0.1) is 0 Å². The van der Waals surface area contributed by atoms with Gasteiger partial charge < -0.3 is 10.1 Å². The van der Waals surface area contributed by atoms with Gasteiger partial charge >= 0.3 is 0 Å². The zero-order valence-corrected chi connectivity index (χ0v) is 13.9. The number of methoxy groups -OCH3 is 1. The van der Waals surface area contributed by atoms with Gasteiger partial charge in [-0.25, -0.2) is 0 Å². The zero-order valence-electron chi connectivity index (χ0n) is 13.9. The average Bonchev–Trinajstić information content (AvgIpc) is 2.99. The Hall–Kier alpha value is -3.08. The summed E-state index contributed by atoms with van der Waals surface area (Å²) < 4.78 is 6.87. The molecule has 3 aromatic rings. The number of nitrogens with zero attached hydrogens (tertiary/aromatic N) is 2. The second-order valence-electron chi connectivity index (χ2n) is 5.59. The monoisotopic (exact) mass is 321 g/mol. The molecule has 2 aromatic carbocycles. The van der Waals surface area contributed by atoms with Gasteiger partial charge in [0, 0.05) is 18.3 Å². The van der Waals surface area contributed by atoms with Crippen LogP contribution >= 0.6 is 0 Å². The predicted molar refractivity (Wildman–Crippen MR) is 94.3 cm³/mol. The van der Waals surface area contributed by atoms with E-state index >= 15 is 0 Å². The highest BCUT2D eigenvalue weighted by molar-refractivity contribution is 6.03. The fraction of sp³-hybridized carbons (Fsp3) is 0.158. The number of aryl methyl sites for hydroxylation is 2. The highest BCUT2D eigenvalue weighted by Crippen LogP contribution is 2.23. The Labute approximate surface area is 140 Å². The van der Waals surface area contributed by atoms with Crippen LogP contribution in [0.15, 0.2) is 54.6 Å². The summed E-state index contributed by atoms with van der Waals surface area (Å²) in [5, 5.41) is 7.18. The van der Waals surface area contributed by atoms with Gasteiger partial charge in [0.25, 0.3) is 5.91 Å². The van der Waals surface area contributed by atoms with Gasteiger partial charge in [-0.2, -0.15) is 5.10 Å². The molecule has 0 aliphatic rings. The number of benzene rings is 2. The van der Waals surface area contributed by atoms with Crippen molar-refractivity contribution in [2.75, 3.05) is 12.4 Å². The molecule has 1 aromatic heterocycles. The Balaban J connectivity index is 1.82. The molecule has 0 spiro atoms. The van der Waals surface area contributed by atoms with E-state index in [2.05, 4.69) is 10.4 Å². The molecule has 0 radical (unpaired) electrons. The number of ether oxygens (including phenoxy) is 1. The van der Waals surface area contributed by atoms with Crippen LogP contribution in [0.3, 0.4) is 0 Å². The van der Waals surface area contributed by atoms with E-state index in [4.69, 9.17) is 4.74 Å². The van der Waals surface area contributed by atoms with Crippen LogP contribution in [0.25, 0.3) is 11.3 Å². The normalized spacial score (nSPS) is 10.5. The molecule has 0 saturated heterocycles. The van der Waals surface area contributed by atoms with Gasteiger partial charge in [0.1, 0.15) is 5.75 Å². The van der Waals surface area contributed by atoms with Crippen molar-refractivity contribution < 1.29 is 9.53 Å². The Morgan fingerprint density at radius 1 is 1.08 bits per heavy atom. The first kappa shape index (κ1) is 15.8. The minimum atomic E-state index is -0.228. The third-order valence-electron chi connectivity index (χ3n) is 3.81. The quantitative estimate of drug-likeness (QED) is 0.798. The molecule has 0 fully saturated rings. The van der Waals surface area contributed by atoms with E-state index in [1.165, 1.54) is 0 Å². The smallest absolute Gasteiger partial charge is 0.276 e. The molecule has 0 saturated carbocycles. The number of hydrogen-bond acceptors (Lipinski definition) is 3. The first-order valence-corrected chi connectivity index (χ1v) is 7.63. The summed E-state index contributed by atoms with van der Waals surface area (Å²) in [5.74, 6) is 0.562. The molecule has 0 aliphatic heterocycles. The lowest BCUT2D eigenvalue weighted by Crippen LogP contribution is -2.12. The summed E-state index contributed by atoms with van der Waals surface area (Å²) in [6.45, 7) is 2.01. The first-order chi connectivity index (χ1) is 11.6. The van der Waals surface area contributed by atoms with Crippen molar-refractivity contribution in [1.82, 2.24) is 9.78 Å². The molecule has 1 N–H and O–H groups in total. The maximum atomic E-state index is 12.4. The maximum absolute atomic E-state index is 12.4. The van der Waals surface area contributed by atoms with Crippen LogP contribution in [0.2, 0.25) is 0 Å². The van der Waals surface area contributed by atoms with Crippen LogP contribution in [-0.2, 0) is 7.05 Å². The van der Waals surface area contributed by atoms with Crippen LogP contribution in [0.1, 0.15) is 16.1 Å². The Morgan fingerprint density at radius 3 is 2.38 bits per heavy atom. The summed E-state index contributed by atoms with van der Waals surface area (Å²) in [4.78, 5) is 12.4. The van der Waals surface area contributed by atoms with Gasteiger partial charge in [0.2, 0.25) is 0 Å². The molecule has 0 atom stereocenters. The van der Waals surface area contributed by atoms with Crippen molar-refractivity contribution >= 4 is 11.6 Å². The lowest BCUT2D eigenvalue weighted by molar-refractivity contribution is 0.102. The largest absolute Gasteiger partial charge is 0.497 e. The number of nitrogens with one attached hydrogen (secondary N) is 1. The molecule has 0 unspecified atom stereocenters. The molecule has 0 aliphatic carbocycles. The number of aromatic nitrogens is 2. The molecule has 0 bridgehead atoms. The molecule has 1 amide bonds. The molecule has 1 heterocycles. The SMILES string of the molecule is COc1ccc(-c2cc(C(=O)Nc3ccc(C)cc3)nn2C)cc1. The highest BCUT2D eigenvalue weighted by atomic mass is 16.5. The third-order valence-corrected chi connectivity index (χ3v) is 3.81. The van der Waals surface area contributed by atoms with E-state index in [1.807, 2.05) is 62.5 Å². The molecule has 24 heavy (non-hydrogen) atoms. The molecular weight excluding hydrogens is 302 g/mol. The van der Waals surface area contributed by atoms with Crippen LogP contribution in [0.5, 0.6) is 5.75 Å². The number of carbonyl (C=O) groups is 1. The number of rotatable bonds is 4. The number of amides is 1. The van der Waals surface area contributed by atoms with E-state index in [9.17, 15) is 4.79 Å². The van der Waals surface area contributed by atoms with Gasteiger partial charge in [0.15, 0.2) is 5.69 Å². The van der Waals surface area contributed by atoms with Crippen LogP contribution in [-0.4, -0.2) is 22.8 Å².